The second-order valence-corrected chi connectivity index (χ2v) is 6.68. The molecule has 1 amide bonds. The van der Waals surface area contributed by atoms with E-state index >= 15 is 0 Å². The Kier molecular flexibility index (Phi) is 4.98. The van der Waals surface area contributed by atoms with Gasteiger partial charge in [0.15, 0.2) is 0 Å². The van der Waals surface area contributed by atoms with E-state index in [9.17, 15) is 4.79 Å². The van der Waals surface area contributed by atoms with Gasteiger partial charge in [0.05, 0.1) is 7.11 Å². The number of methoxy groups -OCH3 is 1. The number of rotatable bonds is 3. The monoisotopic (exact) mass is 338 g/mol. The van der Waals surface area contributed by atoms with E-state index in [2.05, 4.69) is 36.9 Å². The Hall–Kier alpha value is -2.49. The summed E-state index contributed by atoms with van der Waals surface area (Å²) < 4.78 is 5.34. The number of aryl methyl sites for hydroxylation is 2. The molecule has 1 aliphatic rings. The molecule has 0 saturated carbocycles. The molecule has 0 unspecified atom stereocenters. The first kappa shape index (κ1) is 17.3. The van der Waals surface area contributed by atoms with Gasteiger partial charge in [-0.2, -0.15) is 0 Å². The van der Waals surface area contributed by atoms with Crippen LogP contribution in [0.2, 0.25) is 0 Å². The number of carbonyl (C=O) groups excluding carboxylic acids is 1. The van der Waals surface area contributed by atoms with Gasteiger partial charge in [-0.15, -0.1) is 0 Å². The fourth-order valence-corrected chi connectivity index (χ4v) is 3.36. The second-order valence-electron chi connectivity index (χ2n) is 6.68. The van der Waals surface area contributed by atoms with Gasteiger partial charge in [-0.1, -0.05) is 18.2 Å². The fourth-order valence-electron chi connectivity index (χ4n) is 3.36. The first-order valence-corrected chi connectivity index (χ1v) is 8.76. The molecule has 0 bridgehead atoms. The summed E-state index contributed by atoms with van der Waals surface area (Å²) in [4.78, 5) is 17.1. The molecule has 0 aromatic heterocycles. The van der Waals surface area contributed by atoms with Gasteiger partial charge < -0.3 is 14.5 Å². The summed E-state index contributed by atoms with van der Waals surface area (Å²) in [7, 11) is 1.64. The number of hydrogen-bond donors (Lipinski definition) is 0. The molecule has 0 aliphatic carbocycles. The standard InChI is InChI=1S/C21H26N2O2/c1-15-6-5-7-19(17(15)3)22-10-12-23(13-11-22)21(24)18-9-8-16(2)20(14-18)25-4/h5-9,14H,10-13H2,1-4H3. The SMILES string of the molecule is COc1cc(C(=O)N2CCN(c3cccc(C)c3C)CC2)ccc1C. The van der Waals surface area contributed by atoms with Crippen LogP contribution in [0.15, 0.2) is 36.4 Å². The zero-order valence-electron chi connectivity index (χ0n) is 15.5. The number of piperazine rings is 1. The van der Waals surface area contributed by atoms with Crippen LogP contribution in [0.5, 0.6) is 5.75 Å². The van der Waals surface area contributed by atoms with Crippen molar-refractivity contribution < 1.29 is 9.53 Å². The molecule has 1 fully saturated rings. The zero-order valence-corrected chi connectivity index (χ0v) is 15.5. The first-order valence-electron chi connectivity index (χ1n) is 8.76. The average molecular weight is 338 g/mol. The minimum Gasteiger partial charge on any atom is -0.496 e. The van der Waals surface area contributed by atoms with E-state index in [0.717, 1.165) is 37.5 Å². The summed E-state index contributed by atoms with van der Waals surface area (Å²) in [6, 6.07) is 12.1. The number of anilines is 1. The van der Waals surface area contributed by atoms with Crippen LogP contribution in [0.1, 0.15) is 27.0 Å². The average Bonchev–Trinajstić information content (AvgIpc) is 2.64. The zero-order chi connectivity index (χ0) is 18.0. The smallest absolute Gasteiger partial charge is 0.254 e. The van der Waals surface area contributed by atoms with Gasteiger partial charge in [0.25, 0.3) is 5.91 Å². The van der Waals surface area contributed by atoms with E-state index < -0.39 is 0 Å². The highest BCUT2D eigenvalue weighted by atomic mass is 16.5. The van der Waals surface area contributed by atoms with Gasteiger partial charge in [0.2, 0.25) is 0 Å². The molecule has 132 valence electrons. The molecule has 0 spiro atoms. The van der Waals surface area contributed by atoms with Crippen LogP contribution >= 0.6 is 0 Å². The van der Waals surface area contributed by atoms with Crippen molar-refractivity contribution in [2.24, 2.45) is 0 Å². The van der Waals surface area contributed by atoms with Gasteiger partial charge in [0, 0.05) is 37.4 Å². The third-order valence-corrected chi connectivity index (χ3v) is 5.14. The van der Waals surface area contributed by atoms with Crippen molar-refractivity contribution in [2.45, 2.75) is 20.8 Å². The van der Waals surface area contributed by atoms with Crippen molar-refractivity contribution >= 4 is 11.6 Å². The van der Waals surface area contributed by atoms with E-state index in [1.165, 1.54) is 16.8 Å². The minimum atomic E-state index is 0.0823. The summed E-state index contributed by atoms with van der Waals surface area (Å²) in [5.74, 6) is 0.846. The molecule has 0 radical (unpaired) electrons. The van der Waals surface area contributed by atoms with Gasteiger partial charge >= 0.3 is 0 Å². The topological polar surface area (TPSA) is 32.8 Å². The molecule has 25 heavy (non-hydrogen) atoms. The second kappa shape index (κ2) is 7.18. The molecule has 2 aromatic rings. The van der Waals surface area contributed by atoms with Crippen LogP contribution in [-0.4, -0.2) is 44.1 Å². The molecular weight excluding hydrogens is 312 g/mol. The highest BCUT2D eigenvalue weighted by Crippen LogP contribution is 2.25. The Morgan fingerprint density at radius 1 is 0.960 bits per heavy atom. The first-order chi connectivity index (χ1) is 12.0. The lowest BCUT2D eigenvalue weighted by molar-refractivity contribution is 0.0746. The predicted molar refractivity (Wildman–Crippen MR) is 102 cm³/mol. The number of ether oxygens (including phenoxy) is 1. The van der Waals surface area contributed by atoms with E-state index in [0.29, 0.717) is 5.56 Å². The molecule has 3 rings (SSSR count). The molecule has 0 N–H and O–H groups in total. The Morgan fingerprint density at radius 2 is 1.68 bits per heavy atom. The number of benzene rings is 2. The van der Waals surface area contributed by atoms with Crippen molar-refractivity contribution in [3.8, 4) is 5.75 Å². The van der Waals surface area contributed by atoms with Crippen molar-refractivity contribution in [1.82, 2.24) is 4.90 Å². The van der Waals surface area contributed by atoms with Crippen LogP contribution in [0.25, 0.3) is 0 Å². The van der Waals surface area contributed by atoms with Crippen molar-refractivity contribution in [3.63, 3.8) is 0 Å². The lowest BCUT2D eigenvalue weighted by Gasteiger charge is -2.37. The minimum absolute atomic E-state index is 0.0823. The third kappa shape index (κ3) is 3.48. The molecule has 1 heterocycles. The third-order valence-electron chi connectivity index (χ3n) is 5.14. The number of amides is 1. The molecular formula is C21H26N2O2. The maximum Gasteiger partial charge on any atom is 0.254 e. The number of nitrogens with zero attached hydrogens (tertiary/aromatic N) is 2. The summed E-state index contributed by atoms with van der Waals surface area (Å²) in [5, 5.41) is 0. The maximum absolute atomic E-state index is 12.8. The molecule has 4 nitrogen and oxygen atoms in total. The molecule has 1 saturated heterocycles. The van der Waals surface area contributed by atoms with Crippen LogP contribution in [0, 0.1) is 20.8 Å². The fraction of sp³-hybridized carbons (Fsp3) is 0.381. The number of carbonyl (C=O) groups is 1. The van der Waals surface area contributed by atoms with Gasteiger partial charge in [-0.25, -0.2) is 0 Å². The Bertz CT molecular complexity index is 777. The van der Waals surface area contributed by atoms with Crippen molar-refractivity contribution in [3.05, 3.63) is 58.7 Å². The van der Waals surface area contributed by atoms with Gasteiger partial charge in [-0.3, -0.25) is 4.79 Å². The van der Waals surface area contributed by atoms with Crippen molar-refractivity contribution in [1.29, 1.82) is 0 Å². The lowest BCUT2D eigenvalue weighted by atomic mass is 10.1. The van der Waals surface area contributed by atoms with E-state index in [-0.39, 0.29) is 5.91 Å². The quantitative estimate of drug-likeness (QED) is 0.857. The molecule has 2 aromatic carbocycles. The molecule has 0 atom stereocenters. The summed E-state index contributed by atoms with van der Waals surface area (Å²) in [6.07, 6.45) is 0. The number of hydrogen-bond acceptors (Lipinski definition) is 3. The lowest BCUT2D eigenvalue weighted by Crippen LogP contribution is -2.49. The van der Waals surface area contributed by atoms with Crippen LogP contribution < -0.4 is 9.64 Å². The Labute approximate surface area is 150 Å². The van der Waals surface area contributed by atoms with E-state index in [1.54, 1.807) is 7.11 Å². The highest BCUT2D eigenvalue weighted by Gasteiger charge is 2.23. The normalized spacial score (nSPS) is 14.6. The van der Waals surface area contributed by atoms with E-state index in [4.69, 9.17) is 4.74 Å². The van der Waals surface area contributed by atoms with Crippen LogP contribution in [0.4, 0.5) is 5.69 Å². The molecule has 1 aliphatic heterocycles. The summed E-state index contributed by atoms with van der Waals surface area (Å²) in [5.41, 5.74) is 5.65. The van der Waals surface area contributed by atoms with E-state index in [1.807, 2.05) is 30.0 Å². The predicted octanol–water partition coefficient (Wildman–Crippen LogP) is 3.58. The van der Waals surface area contributed by atoms with Crippen LogP contribution in [-0.2, 0) is 0 Å². The van der Waals surface area contributed by atoms with Crippen molar-refractivity contribution in [2.75, 3.05) is 38.2 Å². The summed E-state index contributed by atoms with van der Waals surface area (Å²) >= 11 is 0. The van der Waals surface area contributed by atoms with Gasteiger partial charge in [-0.05, 0) is 55.7 Å². The Balaban J connectivity index is 1.70. The largest absolute Gasteiger partial charge is 0.496 e. The summed E-state index contributed by atoms with van der Waals surface area (Å²) in [6.45, 7) is 9.49. The highest BCUT2D eigenvalue weighted by molar-refractivity contribution is 5.95. The molecule has 4 heteroatoms. The van der Waals surface area contributed by atoms with Gasteiger partial charge in [0.1, 0.15) is 5.75 Å². The van der Waals surface area contributed by atoms with Crippen LogP contribution in [0.3, 0.4) is 0 Å². The maximum atomic E-state index is 12.8. The Morgan fingerprint density at radius 3 is 2.36 bits per heavy atom.